The summed E-state index contributed by atoms with van der Waals surface area (Å²) in [7, 11) is 3.32. The Bertz CT molecular complexity index is 169. The summed E-state index contributed by atoms with van der Waals surface area (Å²) in [5.74, 6) is 0. The number of ether oxygens (including phenoxy) is 3. The van der Waals surface area contributed by atoms with Crippen molar-refractivity contribution in [1.29, 1.82) is 0 Å². The Kier molecular flexibility index (Phi) is 6.91. The highest BCUT2D eigenvalue weighted by Crippen LogP contribution is 2.11. The van der Waals surface area contributed by atoms with Crippen LogP contribution in [0.4, 0.5) is 0 Å². The first-order valence-electron chi connectivity index (χ1n) is 5.89. The zero-order valence-corrected chi connectivity index (χ0v) is 10.4. The average Bonchev–Trinajstić information content (AvgIpc) is 2.60. The number of rotatable bonds is 6. The van der Waals surface area contributed by atoms with Crippen LogP contribution in [0.25, 0.3) is 0 Å². The van der Waals surface area contributed by atoms with Crippen molar-refractivity contribution in [2.45, 2.75) is 25.2 Å². The van der Waals surface area contributed by atoms with Gasteiger partial charge < -0.3 is 19.9 Å². The zero-order chi connectivity index (χ0) is 11.8. The third-order valence-electron chi connectivity index (χ3n) is 3.04. The van der Waals surface area contributed by atoms with Crippen LogP contribution in [0.3, 0.4) is 0 Å². The highest BCUT2D eigenvalue weighted by Gasteiger charge is 2.22. The molecule has 0 aromatic heterocycles. The van der Waals surface area contributed by atoms with Crippen LogP contribution in [0.15, 0.2) is 0 Å². The van der Waals surface area contributed by atoms with E-state index in [0.29, 0.717) is 12.6 Å². The number of nitrogens with two attached hydrogens (primary N) is 1. The summed E-state index contributed by atoms with van der Waals surface area (Å²) < 4.78 is 15.9. The molecule has 0 aliphatic carbocycles. The second-order valence-electron chi connectivity index (χ2n) is 4.03. The fourth-order valence-corrected chi connectivity index (χ4v) is 2.04. The van der Waals surface area contributed by atoms with Crippen LogP contribution in [0, 0.1) is 0 Å². The number of methoxy groups -OCH3 is 2. The van der Waals surface area contributed by atoms with Crippen molar-refractivity contribution in [3.8, 4) is 0 Å². The van der Waals surface area contributed by atoms with Gasteiger partial charge in [-0.1, -0.05) is 0 Å². The first kappa shape index (κ1) is 13.9. The molecule has 0 spiro atoms. The maximum absolute atomic E-state index is 5.82. The van der Waals surface area contributed by atoms with E-state index < -0.39 is 0 Å². The summed E-state index contributed by atoms with van der Waals surface area (Å²) in [5.41, 5.74) is 5.82. The quantitative estimate of drug-likeness (QED) is 0.656. The smallest absolute Gasteiger partial charge is 0.158 e. The van der Waals surface area contributed by atoms with Gasteiger partial charge in [0.15, 0.2) is 6.29 Å². The second-order valence-corrected chi connectivity index (χ2v) is 4.03. The average molecular weight is 232 g/mol. The molecule has 0 radical (unpaired) electrons. The van der Waals surface area contributed by atoms with Crippen molar-refractivity contribution in [2.24, 2.45) is 5.73 Å². The summed E-state index contributed by atoms with van der Waals surface area (Å²) in [5, 5.41) is 0. The maximum Gasteiger partial charge on any atom is 0.158 e. The highest BCUT2D eigenvalue weighted by molar-refractivity contribution is 4.75. The minimum absolute atomic E-state index is 0.169. The number of hydrogen-bond acceptors (Lipinski definition) is 5. The molecule has 1 unspecified atom stereocenters. The van der Waals surface area contributed by atoms with E-state index in [1.165, 1.54) is 0 Å². The Morgan fingerprint density at radius 3 is 2.62 bits per heavy atom. The molecule has 0 aromatic carbocycles. The summed E-state index contributed by atoms with van der Waals surface area (Å²) in [6.07, 6.45) is 1.71. The van der Waals surface area contributed by atoms with Gasteiger partial charge in [0.05, 0.1) is 6.61 Å². The molecule has 0 bridgehead atoms. The second kappa shape index (κ2) is 7.97. The Hall–Kier alpha value is -0.200. The first-order chi connectivity index (χ1) is 7.81. The third kappa shape index (κ3) is 4.35. The normalized spacial score (nSPS) is 21.0. The van der Waals surface area contributed by atoms with Gasteiger partial charge in [-0.2, -0.15) is 0 Å². The molecule has 1 rings (SSSR count). The van der Waals surface area contributed by atoms with E-state index in [4.69, 9.17) is 19.9 Å². The molecule has 16 heavy (non-hydrogen) atoms. The van der Waals surface area contributed by atoms with E-state index in [2.05, 4.69) is 4.90 Å². The van der Waals surface area contributed by atoms with Crippen LogP contribution in [-0.4, -0.2) is 64.3 Å². The molecule has 1 atom stereocenters. The topological polar surface area (TPSA) is 57.0 Å². The first-order valence-corrected chi connectivity index (χ1v) is 5.89. The summed E-state index contributed by atoms with van der Waals surface area (Å²) >= 11 is 0. The Morgan fingerprint density at radius 1 is 1.25 bits per heavy atom. The predicted octanol–water partition coefficient (Wildman–Crippen LogP) is 0.0450. The van der Waals surface area contributed by atoms with Crippen molar-refractivity contribution in [1.82, 2.24) is 4.90 Å². The Balaban J connectivity index is 2.44. The minimum Gasteiger partial charge on any atom is -0.380 e. The molecule has 5 heteroatoms. The number of hydrogen-bond donors (Lipinski definition) is 1. The van der Waals surface area contributed by atoms with Crippen LogP contribution in [0.2, 0.25) is 0 Å². The van der Waals surface area contributed by atoms with Gasteiger partial charge in [-0.25, -0.2) is 0 Å². The van der Waals surface area contributed by atoms with Gasteiger partial charge in [0, 0.05) is 52.9 Å². The van der Waals surface area contributed by atoms with E-state index in [9.17, 15) is 0 Å². The van der Waals surface area contributed by atoms with Crippen molar-refractivity contribution in [3.05, 3.63) is 0 Å². The van der Waals surface area contributed by atoms with Gasteiger partial charge >= 0.3 is 0 Å². The van der Waals surface area contributed by atoms with Gasteiger partial charge in [-0.05, 0) is 6.42 Å². The van der Waals surface area contributed by atoms with E-state index in [1.807, 2.05) is 0 Å². The van der Waals surface area contributed by atoms with Crippen molar-refractivity contribution >= 4 is 0 Å². The Morgan fingerprint density at radius 2 is 2.00 bits per heavy atom. The van der Waals surface area contributed by atoms with Crippen LogP contribution in [-0.2, 0) is 14.2 Å². The fourth-order valence-electron chi connectivity index (χ4n) is 2.04. The molecule has 0 saturated carbocycles. The summed E-state index contributed by atoms with van der Waals surface area (Å²) in [4.78, 5) is 2.37. The standard InChI is InChI=1S/C11H24N2O3/c1-14-11(15-2)8-10(9-12)13-4-3-6-16-7-5-13/h10-11H,3-9,12H2,1-2H3. The molecular weight excluding hydrogens is 208 g/mol. The van der Waals surface area contributed by atoms with Crippen LogP contribution in [0.5, 0.6) is 0 Å². The lowest BCUT2D eigenvalue weighted by Crippen LogP contribution is -2.44. The van der Waals surface area contributed by atoms with Crippen molar-refractivity contribution < 1.29 is 14.2 Å². The molecule has 2 N–H and O–H groups in total. The monoisotopic (exact) mass is 232 g/mol. The molecular formula is C11H24N2O3. The molecule has 1 fully saturated rings. The van der Waals surface area contributed by atoms with Gasteiger partial charge in [-0.15, -0.1) is 0 Å². The lowest BCUT2D eigenvalue weighted by Gasteiger charge is -2.31. The van der Waals surface area contributed by atoms with Crippen molar-refractivity contribution in [3.63, 3.8) is 0 Å². The molecule has 1 heterocycles. The van der Waals surface area contributed by atoms with E-state index in [-0.39, 0.29) is 6.29 Å². The van der Waals surface area contributed by atoms with Gasteiger partial charge in [-0.3, -0.25) is 4.90 Å². The van der Waals surface area contributed by atoms with Crippen LogP contribution >= 0.6 is 0 Å². The minimum atomic E-state index is -0.169. The maximum atomic E-state index is 5.82. The van der Waals surface area contributed by atoms with Crippen LogP contribution in [0.1, 0.15) is 12.8 Å². The predicted molar refractivity (Wildman–Crippen MR) is 62.3 cm³/mol. The molecule has 96 valence electrons. The molecule has 1 saturated heterocycles. The third-order valence-corrected chi connectivity index (χ3v) is 3.04. The Labute approximate surface area is 97.8 Å². The van der Waals surface area contributed by atoms with E-state index in [0.717, 1.165) is 39.1 Å². The number of nitrogens with zero attached hydrogens (tertiary/aromatic N) is 1. The molecule has 0 amide bonds. The summed E-state index contributed by atoms with van der Waals surface area (Å²) in [6, 6.07) is 0.312. The summed E-state index contributed by atoms with van der Waals surface area (Å²) in [6.45, 7) is 4.26. The lowest BCUT2D eigenvalue weighted by atomic mass is 10.1. The van der Waals surface area contributed by atoms with Gasteiger partial charge in [0.2, 0.25) is 0 Å². The molecule has 5 nitrogen and oxygen atoms in total. The van der Waals surface area contributed by atoms with Gasteiger partial charge in [0.25, 0.3) is 0 Å². The highest BCUT2D eigenvalue weighted by atomic mass is 16.7. The van der Waals surface area contributed by atoms with Gasteiger partial charge in [0.1, 0.15) is 0 Å². The lowest BCUT2D eigenvalue weighted by molar-refractivity contribution is -0.116. The SMILES string of the molecule is COC(CC(CN)N1CCCOCC1)OC. The fraction of sp³-hybridized carbons (Fsp3) is 1.00. The van der Waals surface area contributed by atoms with Crippen LogP contribution < -0.4 is 5.73 Å². The molecule has 0 aromatic rings. The molecule has 1 aliphatic rings. The van der Waals surface area contributed by atoms with E-state index >= 15 is 0 Å². The largest absolute Gasteiger partial charge is 0.380 e. The molecule has 1 aliphatic heterocycles. The van der Waals surface area contributed by atoms with Crippen molar-refractivity contribution in [2.75, 3.05) is 47.1 Å². The van der Waals surface area contributed by atoms with E-state index in [1.54, 1.807) is 14.2 Å². The zero-order valence-electron chi connectivity index (χ0n) is 10.4.